The van der Waals surface area contributed by atoms with Crippen molar-refractivity contribution in [2.24, 2.45) is 11.5 Å². The topological polar surface area (TPSA) is 61.3 Å². The minimum atomic E-state index is 0. The molecule has 1 aromatic rings. The molecule has 0 unspecified atom stereocenters. The van der Waals surface area contributed by atoms with Crippen molar-refractivity contribution < 1.29 is 4.74 Å². The van der Waals surface area contributed by atoms with E-state index in [9.17, 15) is 0 Å². The normalized spacial score (nSPS) is 11.7. The maximum Gasteiger partial charge on any atom is 0.118 e. The summed E-state index contributed by atoms with van der Waals surface area (Å²) in [6, 6.07) is 8.04. The largest absolute Gasteiger partial charge is 0.497 e. The summed E-state index contributed by atoms with van der Waals surface area (Å²) in [6.07, 6.45) is 3.12. The van der Waals surface area contributed by atoms with E-state index >= 15 is 0 Å². The molecule has 4 heteroatoms. The number of benzene rings is 1. The number of hydrogen-bond donors (Lipinski definition) is 2. The second kappa shape index (κ2) is 8.39. The van der Waals surface area contributed by atoms with Gasteiger partial charge in [0.15, 0.2) is 0 Å². The smallest absolute Gasteiger partial charge is 0.118 e. The van der Waals surface area contributed by atoms with Gasteiger partial charge in [0.2, 0.25) is 0 Å². The fraction of sp³-hybridized carbons (Fsp3) is 0.500. The molecule has 0 fully saturated rings. The molecule has 0 radical (unpaired) electrons. The lowest BCUT2D eigenvalue weighted by molar-refractivity contribution is 0.414. The molecule has 0 bridgehead atoms. The number of nitrogens with two attached hydrogens (primary N) is 2. The van der Waals surface area contributed by atoms with Gasteiger partial charge in [-0.25, -0.2) is 0 Å². The van der Waals surface area contributed by atoms with E-state index in [2.05, 4.69) is 0 Å². The van der Waals surface area contributed by atoms with Crippen LogP contribution in [0.5, 0.6) is 5.75 Å². The van der Waals surface area contributed by atoms with Gasteiger partial charge < -0.3 is 16.2 Å². The van der Waals surface area contributed by atoms with Gasteiger partial charge in [-0.1, -0.05) is 18.6 Å². The quantitative estimate of drug-likeness (QED) is 0.755. The fourth-order valence-corrected chi connectivity index (χ4v) is 1.53. The Morgan fingerprint density at radius 1 is 1.19 bits per heavy atom. The number of methoxy groups -OCH3 is 1. The summed E-state index contributed by atoms with van der Waals surface area (Å²) in [7, 11) is 1.66. The fourth-order valence-electron chi connectivity index (χ4n) is 1.53. The van der Waals surface area contributed by atoms with Gasteiger partial charge in [-0.05, 0) is 37.1 Å². The molecule has 16 heavy (non-hydrogen) atoms. The second-order valence-electron chi connectivity index (χ2n) is 3.66. The lowest BCUT2D eigenvalue weighted by Gasteiger charge is -2.12. The van der Waals surface area contributed by atoms with E-state index < -0.39 is 0 Å². The molecule has 0 aliphatic carbocycles. The predicted octanol–water partition coefficient (Wildman–Crippen LogP) is 2.25. The summed E-state index contributed by atoms with van der Waals surface area (Å²) in [5.41, 5.74) is 12.6. The molecule has 3 nitrogen and oxygen atoms in total. The zero-order valence-electron chi connectivity index (χ0n) is 9.69. The van der Waals surface area contributed by atoms with Crippen LogP contribution in [0.15, 0.2) is 24.3 Å². The van der Waals surface area contributed by atoms with Crippen LogP contribution in [0.25, 0.3) is 0 Å². The molecular formula is C12H21ClN2O. The molecule has 1 aromatic carbocycles. The predicted molar refractivity (Wildman–Crippen MR) is 70.1 cm³/mol. The number of hydrogen-bond acceptors (Lipinski definition) is 3. The Morgan fingerprint density at radius 2 is 1.81 bits per heavy atom. The van der Waals surface area contributed by atoms with Crippen LogP contribution in [0.3, 0.4) is 0 Å². The first kappa shape index (κ1) is 15.2. The lowest BCUT2D eigenvalue weighted by Crippen LogP contribution is -2.10. The van der Waals surface area contributed by atoms with Crippen molar-refractivity contribution in [2.75, 3.05) is 13.7 Å². The molecule has 0 saturated carbocycles. The highest BCUT2D eigenvalue weighted by atomic mass is 35.5. The highest BCUT2D eigenvalue weighted by Gasteiger charge is 2.05. The first-order valence-electron chi connectivity index (χ1n) is 5.37. The van der Waals surface area contributed by atoms with Gasteiger partial charge in [0.05, 0.1) is 7.11 Å². The van der Waals surface area contributed by atoms with E-state index in [0.29, 0.717) is 0 Å². The SMILES string of the molecule is COc1ccc([C@H](N)CCCCN)cc1.Cl. The number of ether oxygens (including phenoxy) is 1. The van der Waals surface area contributed by atoms with E-state index in [-0.39, 0.29) is 18.4 Å². The average Bonchev–Trinajstić information content (AvgIpc) is 2.29. The van der Waals surface area contributed by atoms with Crippen LogP contribution in [0.4, 0.5) is 0 Å². The highest BCUT2D eigenvalue weighted by molar-refractivity contribution is 5.85. The third-order valence-electron chi connectivity index (χ3n) is 2.51. The summed E-state index contributed by atoms with van der Waals surface area (Å²) >= 11 is 0. The van der Waals surface area contributed by atoms with Crippen molar-refractivity contribution in [2.45, 2.75) is 25.3 Å². The van der Waals surface area contributed by atoms with Crippen LogP contribution in [-0.2, 0) is 0 Å². The van der Waals surface area contributed by atoms with E-state index in [1.54, 1.807) is 7.11 Å². The Bertz CT molecular complexity index is 277. The number of unbranched alkanes of at least 4 members (excludes halogenated alkanes) is 1. The molecule has 4 N–H and O–H groups in total. The maximum absolute atomic E-state index is 6.05. The zero-order valence-corrected chi connectivity index (χ0v) is 10.5. The average molecular weight is 245 g/mol. The standard InChI is InChI=1S/C12H20N2O.ClH/c1-15-11-7-5-10(6-8-11)12(14)4-2-3-9-13;/h5-8,12H,2-4,9,13-14H2,1H3;1H/t12-;/m1./s1. The summed E-state index contributed by atoms with van der Waals surface area (Å²) in [6.45, 7) is 0.745. The van der Waals surface area contributed by atoms with E-state index in [1.807, 2.05) is 24.3 Å². The first-order valence-corrected chi connectivity index (χ1v) is 5.37. The van der Waals surface area contributed by atoms with Crippen molar-refractivity contribution in [3.8, 4) is 5.75 Å². The molecule has 92 valence electrons. The van der Waals surface area contributed by atoms with Gasteiger partial charge in [0, 0.05) is 6.04 Å². The van der Waals surface area contributed by atoms with Crippen LogP contribution >= 0.6 is 12.4 Å². The van der Waals surface area contributed by atoms with Gasteiger partial charge >= 0.3 is 0 Å². The lowest BCUT2D eigenvalue weighted by atomic mass is 10.0. The number of halogens is 1. The molecular weight excluding hydrogens is 224 g/mol. The van der Waals surface area contributed by atoms with Gasteiger partial charge in [0.25, 0.3) is 0 Å². The number of rotatable bonds is 6. The first-order chi connectivity index (χ1) is 7.27. The molecule has 0 spiro atoms. The minimum absolute atomic E-state index is 0. The van der Waals surface area contributed by atoms with E-state index in [4.69, 9.17) is 16.2 Å². The van der Waals surface area contributed by atoms with Crippen molar-refractivity contribution in [3.63, 3.8) is 0 Å². The molecule has 1 atom stereocenters. The summed E-state index contributed by atoms with van der Waals surface area (Å²) in [5, 5.41) is 0. The van der Waals surface area contributed by atoms with Crippen LogP contribution in [0.2, 0.25) is 0 Å². The maximum atomic E-state index is 6.05. The molecule has 0 aliphatic heterocycles. The Kier molecular flexibility index (Phi) is 7.99. The van der Waals surface area contributed by atoms with Crippen LogP contribution in [0.1, 0.15) is 30.9 Å². The highest BCUT2D eigenvalue weighted by Crippen LogP contribution is 2.19. The third-order valence-corrected chi connectivity index (χ3v) is 2.51. The van der Waals surface area contributed by atoms with E-state index in [1.165, 1.54) is 0 Å². The molecule has 0 saturated heterocycles. The monoisotopic (exact) mass is 244 g/mol. The Labute approximate surface area is 104 Å². The molecule has 1 rings (SSSR count). The van der Waals surface area contributed by atoms with Crippen molar-refractivity contribution in [1.29, 1.82) is 0 Å². The Balaban J connectivity index is 0.00000225. The molecule has 0 aliphatic rings. The van der Waals surface area contributed by atoms with Gasteiger partial charge in [0.1, 0.15) is 5.75 Å². The third kappa shape index (κ3) is 4.84. The Hall–Kier alpha value is -0.770. The molecule has 0 aromatic heterocycles. The minimum Gasteiger partial charge on any atom is -0.497 e. The van der Waals surface area contributed by atoms with Gasteiger partial charge in [-0.2, -0.15) is 0 Å². The van der Waals surface area contributed by atoms with Crippen molar-refractivity contribution in [3.05, 3.63) is 29.8 Å². The Morgan fingerprint density at radius 3 is 2.31 bits per heavy atom. The van der Waals surface area contributed by atoms with E-state index in [0.717, 1.165) is 37.1 Å². The van der Waals surface area contributed by atoms with Crippen LogP contribution in [-0.4, -0.2) is 13.7 Å². The summed E-state index contributed by atoms with van der Waals surface area (Å²) in [5.74, 6) is 0.868. The zero-order chi connectivity index (χ0) is 11.1. The van der Waals surface area contributed by atoms with Crippen molar-refractivity contribution >= 4 is 12.4 Å². The molecule has 0 amide bonds. The van der Waals surface area contributed by atoms with Crippen LogP contribution in [0, 0.1) is 0 Å². The van der Waals surface area contributed by atoms with Crippen molar-refractivity contribution in [1.82, 2.24) is 0 Å². The van der Waals surface area contributed by atoms with Crippen LogP contribution < -0.4 is 16.2 Å². The summed E-state index contributed by atoms with van der Waals surface area (Å²) in [4.78, 5) is 0. The second-order valence-corrected chi connectivity index (χ2v) is 3.66. The molecule has 0 heterocycles. The summed E-state index contributed by atoms with van der Waals surface area (Å²) < 4.78 is 5.09. The van der Waals surface area contributed by atoms with Gasteiger partial charge in [-0.3, -0.25) is 0 Å². The van der Waals surface area contributed by atoms with Gasteiger partial charge in [-0.15, -0.1) is 12.4 Å².